The first-order valence-electron chi connectivity index (χ1n) is 14.0. The first-order valence-corrected chi connectivity index (χ1v) is 14.8. The van der Waals surface area contributed by atoms with Gasteiger partial charge < -0.3 is 20.9 Å². The number of aromatic amines is 1. The van der Waals surface area contributed by atoms with E-state index in [-0.39, 0.29) is 12.3 Å². The van der Waals surface area contributed by atoms with E-state index in [4.69, 9.17) is 39.9 Å². The zero-order chi connectivity index (χ0) is 33.4. The molecule has 0 spiro atoms. The van der Waals surface area contributed by atoms with Crippen LogP contribution in [0.2, 0.25) is 10.2 Å². The van der Waals surface area contributed by atoms with E-state index < -0.39 is 12.1 Å². The molecule has 13 heteroatoms. The summed E-state index contributed by atoms with van der Waals surface area (Å²) in [5, 5.41) is 11.3. The molecular formula is C32H40Cl2N8O3. The lowest BCUT2D eigenvalue weighted by molar-refractivity contribution is -0.121. The number of methoxy groups -OCH3 is 1. The molecule has 240 valence electrons. The van der Waals surface area contributed by atoms with Crippen LogP contribution < -0.4 is 27.3 Å². The molecular weight excluding hydrogens is 615 g/mol. The minimum atomic E-state index is -0.569. The van der Waals surface area contributed by atoms with Crippen molar-refractivity contribution in [2.45, 2.75) is 45.6 Å². The molecule has 11 nitrogen and oxygen atoms in total. The Hall–Kier alpha value is -4.58. The number of hydrogen-bond acceptors (Lipinski definition) is 7. The van der Waals surface area contributed by atoms with E-state index in [0.29, 0.717) is 45.9 Å². The van der Waals surface area contributed by atoms with Gasteiger partial charge in [-0.15, -0.1) is 13.2 Å². The zero-order valence-electron chi connectivity index (χ0n) is 25.6. The number of aryl methyl sites for hydroxylation is 1. The molecule has 0 aliphatic heterocycles. The molecule has 1 aromatic heterocycles. The minimum absolute atomic E-state index is 0.159. The van der Waals surface area contributed by atoms with Crippen LogP contribution in [0.1, 0.15) is 50.5 Å². The van der Waals surface area contributed by atoms with E-state index in [1.54, 1.807) is 42.5 Å². The van der Waals surface area contributed by atoms with Crippen molar-refractivity contribution in [1.82, 2.24) is 15.3 Å². The number of ether oxygens (including phenoxy) is 1. The molecule has 3 aromatic rings. The van der Waals surface area contributed by atoms with Crippen LogP contribution >= 0.6 is 23.2 Å². The number of nitrogens with two attached hydrogens (primary N) is 2. The summed E-state index contributed by atoms with van der Waals surface area (Å²) in [4.78, 5) is 32.6. The third kappa shape index (κ3) is 11.5. The number of benzene rings is 2. The van der Waals surface area contributed by atoms with Crippen molar-refractivity contribution in [3.63, 3.8) is 0 Å². The fraction of sp³-hybridized carbons (Fsp3) is 0.250. The number of imidazole rings is 1. The van der Waals surface area contributed by atoms with Crippen LogP contribution in [0.3, 0.4) is 0 Å². The second kappa shape index (κ2) is 18.9. The Kier molecular flexibility index (Phi) is 15.4. The van der Waals surface area contributed by atoms with E-state index in [1.807, 2.05) is 19.1 Å². The molecule has 7 N–H and O–H groups in total. The van der Waals surface area contributed by atoms with Crippen LogP contribution in [0.25, 0.3) is 11.3 Å². The molecule has 0 unspecified atom stereocenters. The molecule has 3 rings (SSSR count). The molecule has 0 aliphatic rings. The Morgan fingerprint density at radius 2 is 1.91 bits per heavy atom. The third-order valence-electron chi connectivity index (χ3n) is 6.34. The van der Waals surface area contributed by atoms with Crippen LogP contribution in [-0.4, -0.2) is 35.4 Å². The molecule has 0 fully saturated rings. The van der Waals surface area contributed by atoms with E-state index in [9.17, 15) is 9.59 Å². The average Bonchev–Trinajstić information content (AvgIpc) is 3.42. The largest absolute Gasteiger partial charge is 0.453 e. The molecule has 0 saturated heterocycles. The van der Waals surface area contributed by atoms with Crippen molar-refractivity contribution in [1.29, 1.82) is 0 Å². The SMILES string of the molecule is C=C.CC/C=C\C=C(/C)C[C@H](NC(=O)CCc1cc(Cl)ccc1N(N)/C=N\N)c1nc(-c2ccc(NC(=O)OC)cc2)c(Cl)[nH]1. The first kappa shape index (κ1) is 36.6. The highest BCUT2D eigenvalue weighted by atomic mass is 35.5. The topological polar surface area (TPSA) is 164 Å². The quantitative estimate of drug-likeness (QED) is 0.0329. The predicted octanol–water partition coefficient (Wildman–Crippen LogP) is 7.04. The summed E-state index contributed by atoms with van der Waals surface area (Å²) < 4.78 is 4.63. The van der Waals surface area contributed by atoms with Gasteiger partial charge in [-0.05, 0) is 62.1 Å². The van der Waals surface area contributed by atoms with Crippen molar-refractivity contribution in [3.05, 3.63) is 101 Å². The van der Waals surface area contributed by atoms with Crippen molar-refractivity contribution in [2.24, 2.45) is 16.8 Å². The standard InChI is InChI=1S/C30H36Cl2N8O3.C2H4/c1-4-5-6-7-19(2)16-24(37-26(41)15-10-21-17-22(31)11-14-25(21)40(34)18-35-33)29-38-27(28(32)39-29)20-8-12-23(13-9-20)36-30(42)43-3;1-2/h5-9,11-14,17-18,24H,4,10,15-16,33-34H2,1-3H3,(H,36,42)(H,37,41)(H,38,39);1-2H2/b6-5-,19-7+,35-18-;/t24-;/m0./s1. The highest BCUT2D eigenvalue weighted by Gasteiger charge is 2.22. The van der Waals surface area contributed by atoms with E-state index in [2.05, 4.69) is 51.6 Å². The monoisotopic (exact) mass is 654 g/mol. The molecule has 0 saturated carbocycles. The van der Waals surface area contributed by atoms with Crippen LogP contribution in [0.4, 0.5) is 16.2 Å². The van der Waals surface area contributed by atoms with E-state index in [0.717, 1.165) is 23.1 Å². The lowest BCUT2D eigenvalue weighted by atomic mass is 10.0. The summed E-state index contributed by atoms with van der Waals surface area (Å²) in [5.74, 6) is 11.6. The number of hydrazone groups is 1. The Morgan fingerprint density at radius 3 is 2.56 bits per heavy atom. The molecule has 2 aromatic carbocycles. The molecule has 1 heterocycles. The first-order chi connectivity index (χ1) is 21.6. The average molecular weight is 656 g/mol. The van der Waals surface area contributed by atoms with Crippen molar-refractivity contribution >= 4 is 52.9 Å². The second-order valence-corrected chi connectivity index (χ2v) is 10.4. The fourth-order valence-electron chi connectivity index (χ4n) is 4.24. The highest BCUT2D eigenvalue weighted by molar-refractivity contribution is 6.32. The Labute approximate surface area is 274 Å². The van der Waals surface area contributed by atoms with Gasteiger partial charge >= 0.3 is 6.09 Å². The maximum absolute atomic E-state index is 13.3. The smallest absolute Gasteiger partial charge is 0.411 e. The van der Waals surface area contributed by atoms with Gasteiger partial charge in [0.15, 0.2) is 0 Å². The summed E-state index contributed by atoms with van der Waals surface area (Å²) in [7, 11) is 1.29. The van der Waals surface area contributed by atoms with Gasteiger partial charge in [0.1, 0.15) is 23.0 Å². The second-order valence-electron chi connectivity index (χ2n) is 9.60. The number of allylic oxidation sites excluding steroid dienone is 3. The van der Waals surface area contributed by atoms with Gasteiger partial charge in [0, 0.05) is 22.7 Å². The number of halogens is 2. The van der Waals surface area contributed by atoms with Gasteiger partial charge in [-0.25, -0.2) is 15.6 Å². The van der Waals surface area contributed by atoms with Crippen molar-refractivity contribution in [2.75, 3.05) is 17.4 Å². The Balaban J connectivity index is 0.00000345. The van der Waals surface area contributed by atoms with Crippen LogP contribution in [-0.2, 0) is 16.0 Å². The normalized spacial score (nSPS) is 12.0. The maximum atomic E-state index is 13.3. The summed E-state index contributed by atoms with van der Waals surface area (Å²) in [6, 6.07) is 11.7. The molecule has 45 heavy (non-hydrogen) atoms. The van der Waals surface area contributed by atoms with Gasteiger partial charge in [0.2, 0.25) is 5.91 Å². The summed E-state index contributed by atoms with van der Waals surface area (Å²) in [5.41, 5.74) is 4.23. The summed E-state index contributed by atoms with van der Waals surface area (Å²) >= 11 is 12.8. The molecule has 2 amide bonds. The predicted molar refractivity (Wildman–Crippen MR) is 184 cm³/mol. The summed E-state index contributed by atoms with van der Waals surface area (Å²) in [6.45, 7) is 10.1. The number of H-pyrrole nitrogens is 1. The number of carbonyl (C=O) groups excluding carboxylic acids is 2. The molecule has 0 bridgehead atoms. The molecule has 0 aliphatic carbocycles. The van der Waals surface area contributed by atoms with Gasteiger partial charge in [0.25, 0.3) is 0 Å². The number of hydrogen-bond donors (Lipinski definition) is 5. The van der Waals surface area contributed by atoms with Gasteiger partial charge in [-0.2, -0.15) is 5.10 Å². The molecule has 0 radical (unpaired) electrons. The van der Waals surface area contributed by atoms with Gasteiger partial charge in [-0.3, -0.25) is 15.1 Å². The molecule has 1 atom stereocenters. The number of anilines is 2. The van der Waals surface area contributed by atoms with Gasteiger partial charge in [-0.1, -0.05) is 66.1 Å². The van der Waals surface area contributed by atoms with Crippen molar-refractivity contribution < 1.29 is 14.3 Å². The third-order valence-corrected chi connectivity index (χ3v) is 6.85. The number of nitrogens with one attached hydrogen (secondary N) is 3. The number of aromatic nitrogens is 2. The minimum Gasteiger partial charge on any atom is -0.453 e. The number of rotatable bonds is 13. The number of amides is 2. The zero-order valence-corrected chi connectivity index (χ0v) is 27.2. The van der Waals surface area contributed by atoms with E-state index in [1.165, 1.54) is 18.5 Å². The lowest BCUT2D eigenvalue weighted by Gasteiger charge is -2.19. The van der Waals surface area contributed by atoms with Crippen LogP contribution in [0.5, 0.6) is 0 Å². The fourth-order valence-corrected chi connectivity index (χ4v) is 4.68. The van der Waals surface area contributed by atoms with Crippen molar-refractivity contribution in [3.8, 4) is 11.3 Å². The maximum Gasteiger partial charge on any atom is 0.411 e. The Bertz CT molecular complexity index is 1500. The lowest BCUT2D eigenvalue weighted by Crippen LogP contribution is -2.31. The highest BCUT2D eigenvalue weighted by Crippen LogP contribution is 2.30. The van der Waals surface area contributed by atoms with Crippen LogP contribution in [0.15, 0.2) is 84.5 Å². The number of hydrazine groups is 1. The Morgan fingerprint density at radius 1 is 1.20 bits per heavy atom. The van der Waals surface area contributed by atoms with Gasteiger partial charge in [0.05, 0.1) is 18.8 Å². The van der Waals surface area contributed by atoms with Crippen LogP contribution in [0, 0.1) is 0 Å². The van der Waals surface area contributed by atoms with E-state index >= 15 is 0 Å². The number of carbonyl (C=O) groups is 2. The number of nitrogens with zero attached hydrogens (tertiary/aromatic N) is 3. The summed E-state index contributed by atoms with van der Waals surface area (Å²) in [6.07, 6.45) is 8.69.